The van der Waals surface area contributed by atoms with Gasteiger partial charge >= 0.3 is 0 Å². The van der Waals surface area contributed by atoms with Crippen molar-refractivity contribution in [3.05, 3.63) is 101 Å². The number of hydrogen-bond donors (Lipinski definition) is 0. The molecular weight excluding hydrogens is 322 g/mol. The van der Waals surface area contributed by atoms with Gasteiger partial charge in [-0.2, -0.15) is 0 Å². The van der Waals surface area contributed by atoms with Gasteiger partial charge in [-0.15, -0.1) is 0 Å². The Kier molecular flexibility index (Phi) is 4.20. The molecule has 3 aromatic carbocycles. The molecule has 0 bridgehead atoms. The molecule has 0 aliphatic carbocycles. The minimum atomic E-state index is -0.113. The normalized spacial score (nSPS) is 11.7. The van der Waals surface area contributed by atoms with E-state index in [2.05, 4.69) is 4.98 Å². The second-order valence-electron chi connectivity index (χ2n) is 6.15. The van der Waals surface area contributed by atoms with E-state index in [1.807, 2.05) is 79.7 Å². The molecular formula is C23H17NO2. The molecule has 0 aliphatic rings. The summed E-state index contributed by atoms with van der Waals surface area (Å²) in [4.78, 5) is 17.6. The average Bonchev–Trinajstić information content (AvgIpc) is 3.11. The summed E-state index contributed by atoms with van der Waals surface area (Å²) < 4.78 is 5.87. The molecule has 1 heterocycles. The molecule has 26 heavy (non-hydrogen) atoms. The van der Waals surface area contributed by atoms with Crippen molar-refractivity contribution < 1.29 is 9.21 Å². The van der Waals surface area contributed by atoms with Crippen molar-refractivity contribution in [3.8, 4) is 0 Å². The highest BCUT2D eigenvalue weighted by molar-refractivity contribution is 6.31. The van der Waals surface area contributed by atoms with Crippen LogP contribution in [0.1, 0.15) is 27.4 Å². The number of hydrogen-bond acceptors (Lipinski definition) is 3. The van der Waals surface area contributed by atoms with Crippen LogP contribution in [0, 0.1) is 6.92 Å². The van der Waals surface area contributed by atoms with Crippen molar-refractivity contribution in [3.63, 3.8) is 0 Å². The number of ketones is 1. The van der Waals surface area contributed by atoms with Gasteiger partial charge in [0, 0.05) is 5.56 Å². The lowest BCUT2D eigenvalue weighted by Gasteiger charge is -2.04. The van der Waals surface area contributed by atoms with Crippen LogP contribution in [-0.4, -0.2) is 10.8 Å². The number of rotatable bonds is 4. The van der Waals surface area contributed by atoms with Crippen LogP contribution in [0.2, 0.25) is 0 Å². The van der Waals surface area contributed by atoms with Gasteiger partial charge in [-0.1, -0.05) is 72.3 Å². The number of oxazole rings is 1. The van der Waals surface area contributed by atoms with Crippen molar-refractivity contribution in [1.29, 1.82) is 0 Å². The predicted octanol–water partition coefficient (Wildman–Crippen LogP) is 5.56. The fraction of sp³-hybridized carbons (Fsp3) is 0.0435. The largest absolute Gasteiger partial charge is 0.436 e. The number of benzene rings is 3. The second kappa shape index (κ2) is 6.81. The molecule has 3 heteroatoms. The van der Waals surface area contributed by atoms with E-state index < -0.39 is 0 Å². The molecule has 0 saturated carbocycles. The van der Waals surface area contributed by atoms with Crippen molar-refractivity contribution in [1.82, 2.24) is 4.98 Å². The number of carbonyl (C=O) groups is 1. The first kappa shape index (κ1) is 16.0. The fourth-order valence-electron chi connectivity index (χ4n) is 2.79. The summed E-state index contributed by atoms with van der Waals surface area (Å²) in [6.07, 6.45) is 1.83. The maximum atomic E-state index is 13.1. The number of Topliss-reactive ketones (excluding diaryl/α,β-unsaturated/α-hetero) is 1. The zero-order valence-corrected chi connectivity index (χ0v) is 14.3. The van der Waals surface area contributed by atoms with Gasteiger partial charge in [0.15, 0.2) is 11.4 Å². The number of allylic oxidation sites excluding steroid dienone is 1. The molecule has 0 unspecified atom stereocenters. The van der Waals surface area contributed by atoms with Crippen LogP contribution in [0.3, 0.4) is 0 Å². The Labute approximate surface area is 151 Å². The van der Waals surface area contributed by atoms with Crippen LogP contribution >= 0.6 is 0 Å². The van der Waals surface area contributed by atoms with Crippen molar-refractivity contribution in [2.24, 2.45) is 0 Å². The number of carbonyl (C=O) groups excluding carboxylic acids is 1. The molecule has 0 radical (unpaired) electrons. The van der Waals surface area contributed by atoms with Crippen molar-refractivity contribution >= 4 is 28.5 Å². The Balaban J connectivity index is 1.85. The minimum absolute atomic E-state index is 0.113. The monoisotopic (exact) mass is 339 g/mol. The molecule has 0 saturated heterocycles. The maximum absolute atomic E-state index is 13.1. The number of aromatic nitrogens is 1. The summed E-state index contributed by atoms with van der Waals surface area (Å²) in [6, 6.07) is 24.7. The first-order valence-corrected chi connectivity index (χ1v) is 8.45. The third kappa shape index (κ3) is 3.20. The Morgan fingerprint density at radius 3 is 2.31 bits per heavy atom. The van der Waals surface area contributed by atoms with Gasteiger partial charge in [-0.05, 0) is 30.7 Å². The molecule has 126 valence electrons. The number of nitrogens with zero attached hydrogens (tertiary/aromatic N) is 1. The fourth-order valence-corrected chi connectivity index (χ4v) is 2.79. The molecule has 0 fully saturated rings. The van der Waals surface area contributed by atoms with Crippen molar-refractivity contribution in [2.45, 2.75) is 6.92 Å². The van der Waals surface area contributed by atoms with E-state index in [9.17, 15) is 4.79 Å². The molecule has 0 amide bonds. The van der Waals surface area contributed by atoms with E-state index >= 15 is 0 Å². The first-order chi connectivity index (χ1) is 12.7. The van der Waals surface area contributed by atoms with E-state index in [-0.39, 0.29) is 5.78 Å². The molecule has 0 aliphatic heterocycles. The third-order valence-corrected chi connectivity index (χ3v) is 4.19. The predicted molar refractivity (Wildman–Crippen MR) is 104 cm³/mol. The van der Waals surface area contributed by atoms with Crippen LogP contribution in [-0.2, 0) is 0 Å². The summed E-state index contributed by atoms with van der Waals surface area (Å²) in [5.74, 6) is 0.221. The molecule has 0 atom stereocenters. The van der Waals surface area contributed by atoms with E-state index in [1.165, 1.54) is 5.56 Å². The smallest absolute Gasteiger partial charge is 0.231 e. The Bertz CT molecular complexity index is 1060. The number of fused-ring (bicyclic) bond motifs is 1. The summed E-state index contributed by atoms with van der Waals surface area (Å²) in [5, 5.41) is 0. The Hall–Kier alpha value is -3.46. The summed E-state index contributed by atoms with van der Waals surface area (Å²) in [6.45, 7) is 2.03. The summed E-state index contributed by atoms with van der Waals surface area (Å²) >= 11 is 0. The molecule has 0 N–H and O–H groups in total. The van der Waals surface area contributed by atoms with E-state index in [1.54, 1.807) is 12.1 Å². The highest BCUT2D eigenvalue weighted by atomic mass is 16.3. The lowest BCUT2D eigenvalue weighted by molar-refractivity contribution is 0.105. The zero-order valence-electron chi connectivity index (χ0n) is 14.3. The van der Waals surface area contributed by atoms with E-state index in [4.69, 9.17) is 4.42 Å². The molecule has 0 spiro atoms. The lowest BCUT2D eigenvalue weighted by atomic mass is 10.0. The highest BCUT2D eigenvalue weighted by Gasteiger charge is 2.20. The topological polar surface area (TPSA) is 43.1 Å². The van der Waals surface area contributed by atoms with Crippen LogP contribution < -0.4 is 0 Å². The molecule has 4 aromatic rings. The molecule has 1 aromatic heterocycles. The van der Waals surface area contributed by atoms with Gasteiger partial charge in [0.05, 0.1) is 5.57 Å². The molecule has 4 rings (SSSR count). The number of para-hydroxylation sites is 2. The lowest BCUT2D eigenvalue weighted by Crippen LogP contribution is -2.03. The Morgan fingerprint density at radius 1 is 0.885 bits per heavy atom. The van der Waals surface area contributed by atoms with Gasteiger partial charge in [-0.3, -0.25) is 4.79 Å². The van der Waals surface area contributed by atoms with Gasteiger partial charge < -0.3 is 4.42 Å². The molecule has 3 nitrogen and oxygen atoms in total. The van der Waals surface area contributed by atoms with Crippen LogP contribution in [0.25, 0.3) is 22.7 Å². The first-order valence-electron chi connectivity index (χ1n) is 8.45. The van der Waals surface area contributed by atoms with Crippen molar-refractivity contribution in [2.75, 3.05) is 0 Å². The van der Waals surface area contributed by atoms with E-state index in [0.717, 1.165) is 11.1 Å². The van der Waals surface area contributed by atoms with Gasteiger partial charge in [0.1, 0.15) is 5.52 Å². The standard InChI is InChI=1S/C23H17NO2/c1-16-11-13-17(14-12-16)15-19(22(25)18-7-3-2-4-8-18)23-24-20-9-5-6-10-21(20)26-23/h2-15H,1H3. The Morgan fingerprint density at radius 2 is 1.58 bits per heavy atom. The zero-order chi connectivity index (χ0) is 17.9. The van der Waals surface area contributed by atoms with Crippen LogP contribution in [0.15, 0.2) is 83.3 Å². The third-order valence-electron chi connectivity index (χ3n) is 4.19. The van der Waals surface area contributed by atoms with Gasteiger partial charge in [-0.25, -0.2) is 4.98 Å². The second-order valence-corrected chi connectivity index (χ2v) is 6.15. The van der Waals surface area contributed by atoms with Crippen LogP contribution in [0.4, 0.5) is 0 Å². The van der Waals surface area contributed by atoms with Gasteiger partial charge in [0.2, 0.25) is 5.89 Å². The minimum Gasteiger partial charge on any atom is -0.436 e. The maximum Gasteiger partial charge on any atom is 0.231 e. The van der Waals surface area contributed by atoms with Crippen LogP contribution in [0.5, 0.6) is 0 Å². The highest BCUT2D eigenvalue weighted by Crippen LogP contribution is 2.26. The SMILES string of the molecule is Cc1ccc(C=C(C(=O)c2ccccc2)c2nc3ccccc3o2)cc1. The summed E-state index contributed by atoms with van der Waals surface area (Å²) in [7, 11) is 0. The van der Waals surface area contributed by atoms with Gasteiger partial charge in [0.25, 0.3) is 0 Å². The average molecular weight is 339 g/mol. The summed E-state index contributed by atoms with van der Waals surface area (Å²) in [5.41, 5.74) is 4.54. The quantitative estimate of drug-likeness (QED) is 0.361. The number of aryl methyl sites for hydroxylation is 1. The van der Waals surface area contributed by atoms with E-state index in [0.29, 0.717) is 22.6 Å².